The van der Waals surface area contributed by atoms with E-state index in [2.05, 4.69) is 5.32 Å². The molecule has 1 saturated carbocycles. The Labute approximate surface area is 135 Å². The predicted molar refractivity (Wildman–Crippen MR) is 84.7 cm³/mol. The number of urea groups is 1. The summed E-state index contributed by atoms with van der Waals surface area (Å²) in [6.45, 7) is 3.95. The molecule has 1 saturated heterocycles. The van der Waals surface area contributed by atoms with Gasteiger partial charge in [0.1, 0.15) is 0 Å². The number of hydrogen-bond donors (Lipinski definition) is 1. The Balaban J connectivity index is 1.60. The molecular weight excluding hydrogens is 302 g/mol. The Bertz CT molecular complexity index is 576. The third-order valence-corrected chi connectivity index (χ3v) is 4.76. The minimum atomic E-state index is -0.237. The minimum absolute atomic E-state index is 0.0457. The largest absolute Gasteiger partial charge is 0.339 e. The van der Waals surface area contributed by atoms with E-state index in [1.54, 1.807) is 16.7 Å². The highest BCUT2D eigenvalue weighted by molar-refractivity contribution is 6.30. The number of benzene rings is 1. The molecule has 3 amide bonds. The van der Waals surface area contributed by atoms with Crippen LogP contribution in [-0.2, 0) is 10.3 Å². The molecule has 118 valence electrons. The lowest BCUT2D eigenvalue weighted by Crippen LogP contribution is -2.54. The second-order valence-electron chi connectivity index (χ2n) is 6.01. The van der Waals surface area contributed by atoms with Gasteiger partial charge >= 0.3 is 6.03 Å². The van der Waals surface area contributed by atoms with Crippen molar-refractivity contribution < 1.29 is 9.59 Å². The molecule has 1 aromatic carbocycles. The number of rotatable bonds is 2. The number of nitrogens with one attached hydrogen (secondary N) is 1. The molecule has 1 heterocycles. The van der Waals surface area contributed by atoms with Crippen LogP contribution in [0, 0.1) is 0 Å². The van der Waals surface area contributed by atoms with Crippen molar-refractivity contribution in [3.63, 3.8) is 0 Å². The van der Waals surface area contributed by atoms with Crippen molar-refractivity contribution in [3.8, 4) is 0 Å². The molecule has 0 unspecified atom stereocenters. The van der Waals surface area contributed by atoms with Crippen molar-refractivity contribution >= 4 is 23.5 Å². The fraction of sp³-hybridized carbons (Fsp3) is 0.500. The first kappa shape index (κ1) is 15.2. The van der Waals surface area contributed by atoms with E-state index in [1.807, 2.05) is 24.3 Å². The molecule has 1 aromatic rings. The molecule has 0 bridgehead atoms. The summed E-state index contributed by atoms with van der Waals surface area (Å²) in [5, 5.41) is 3.86. The molecule has 0 spiro atoms. The van der Waals surface area contributed by atoms with Crippen molar-refractivity contribution in [2.45, 2.75) is 25.3 Å². The lowest BCUT2D eigenvalue weighted by Gasteiger charge is -2.35. The molecule has 0 atom stereocenters. The fourth-order valence-corrected chi connectivity index (χ4v) is 3.01. The van der Waals surface area contributed by atoms with Gasteiger partial charge < -0.3 is 15.1 Å². The van der Waals surface area contributed by atoms with Gasteiger partial charge in [-0.2, -0.15) is 0 Å². The Kier molecular flexibility index (Phi) is 4.00. The summed E-state index contributed by atoms with van der Waals surface area (Å²) in [6.07, 6.45) is 1.90. The SMILES string of the molecule is CC(=O)N1CCN(C(=O)NC2(c3ccc(Cl)cc3)CC2)CC1. The van der Waals surface area contributed by atoms with Crippen molar-refractivity contribution in [2.75, 3.05) is 26.2 Å². The maximum absolute atomic E-state index is 12.5. The monoisotopic (exact) mass is 321 g/mol. The molecule has 2 aliphatic rings. The summed E-state index contributed by atoms with van der Waals surface area (Å²) in [5.74, 6) is 0.0693. The molecule has 0 radical (unpaired) electrons. The summed E-state index contributed by atoms with van der Waals surface area (Å²) in [5.41, 5.74) is 0.868. The van der Waals surface area contributed by atoms with E-state index in [4.69, 9.17) is 11.6 Å². The van der Waals surface area contributed by atoms with Crippen LogP contribution >= 0.6 is 11.6 Å². The number of amides is 3. The average molecular weight is 322 g/mol. The first-order valence-corrected chi connectivity index (χ1v) is 7.97. The van der Waals surface area contributed by atoms with Gasteiger partial charge in [-0.05, 0) is 30.5 Å². The maximum Gasteiger partial charge on any atom is 0.318 e. The van der Waals surface area contributed by atoms with Crippen LogP contribution in [0.3, 0.4) is 0 Å². The van der Waals surface area contributed by atoms with Crippen LogP contribution in [0.4, 0.5) is 4.79 Å². The van der Waals surface area contributed by atoms with Crippen LogP contribution < -0.4 is 5.32 Å². The van der Waals surface area contributed by atoms with E-state index in [0.29, 0.717) is 31.2 Å². The van der Waals surface area contributed by atoms with Crippen molar-refractivity contribution in [1.82, 2.24) is 15.1 Å². The lowest BCUT2D eigenvalue weighted by molar-refractivity contribution is -0.130. The highest BCUT2D eigenvalue weighted by Gasteiger charge is 2.46. The normalized spacial score (nSPS) is 19.7. The summed E-state index contributed by atoms with van der Waals surface area (Å²) in [6, 6.07) is 7.62. The van der Waals surface area contributed by atoms with Gasteiger partial charge in [-0.15, -0.1) is 0 Å². The van der Waals surface area contributed by atoms with E-state index in [0.717, 1.165) is 18.4 Å². The zero-order chi connectivity index (χ0) is 15.7. The maximum atomic E-state index is 12.5. The van der Waals surface area contributed by atoms with Crippen LogP contribution in [0.5, 0.6) is 0 Å². The molecule has 2 fully saturated rings. The summed E-state index contributed by atoms with van der Waals surface area (Å²) in [7, 11) is 0. The zero-order valence-corrected chi connectivity index (χ0v) is 13.4. The quantitative estimate of drug-likeness (QED) is 0.908. The van der Waals surface area contributed by atoms with Crippen molar-refractivity contribution in [3.05, 3.63) is 34.9 Å². The highest BCUT2D eigenvalue weighted by atomic mass is 35.5. The first-order chi connectivity index (χ1) is 10.5. The molecule has 1 N–H and O–H groups in total. The Hall–Kier alpha value is -1.75. The third-order valence-electron chi connectivity index (χ3n) is 4.51. The molecule has 1 aliphatic carbocycles. The number of carbonyl (C=O) groups is 2. The van der Waals surface area contributed by atoms with Gasteiger partial charge in [-0.25, -0.2) is 4.79 Å². The average Bonchev–Trinajstić information content (AvgIpc) is 3.28. The molecular formula is C16H20ClN3O2. The van der Waals surface area contributed by atoms with Crippen LogP contribution in [-0.4, -0.2) is 47.9 Å². The van der Waals surface area contributed by atoms with E-state index >= 15 is 0 Å². The van der Waals surface area contributed by atoms with Crippen molar-refractivity contribution in [2.24, 2.45) is 0 Å². The van der Waals surface area contributed by atoms with Crippen LogP contribution in [0.2, 0.25) is 5.02 Å². The van der Waals surface area contributed by atoms with Crippen LogP contribution in [0.1, 0.15) is 25.3 Å². The van der Waals surface area contributed by atoms with E-state index < -0.39 is 0 Å². The second kappa shape index (κ2) is 5.80. The number of hydrogen-bond acceptors (Lipinski definition) is 2. The first-order valence-electron chi connectivity index (χ1n) is 7.59. The standard InChI is InChI=1S/C16H20ClN3O2/c1-12(21)19-8-10-20(11-9-19)15(22)18-16(6-7-16)13-2-4-14(17)5-3-13/h2-5H,6-11H2,1H3,(H,18,22). The fourth-order valence-electron chi connectivity index (χ4n) is 2.89. The number of carbonyl (C=O) groups excluding carboxylic acids is 2. The number of nitrogens with zero attached hydrogens (tertiary/aromatic N) is 2. The molecule has 22 heavy (non-hydrogen) atoms. The highest BCUT2D eigenvalue weighted by Crippen LogP contribution is 2.45. The van der Waals surface area contributed by atoms with E-state index in [9.17, 15) is 9.59 Å². The van der Waals surface area contributed by atoms with Gasteiger partial charge in [0.2, 0.25) is 5.91 Å². The van der Waals surface area contributed by atoms with Gasteiger partial charge in [0.25, 0.3) is 0 Å². The molecule has 3 rings (SSSR count). The predicted octanol–water partition coefficient (Wildman–Crippen LogP) is 2.20. The van der Waals surface area contributed by atoms with Gasteiger partial charge in [0.15, 0.2) is 0 Å². The lowest BCUT2D eigenvalue weighted by atomic mass is 10.1. The van der Waals surface area contributed by atoms with Gasteiger partial charge in [-0.1, -0.05) is 23.7 Å². The van der Waals surface area contributed by atoms with Gasteiger partial charge in [-0.3, -0.25) is 4.79 Å². The van der Waals surface area contributed by atoms with Crippen molar-refractivity contribution in [1.29, 1.82) is 0 Å². The summed E-state index contributed by atoms with van der Waals surface area (Å²) < 4.78 is 0. The molecule has 1 aliphatic heterocycles. The smallest absolute Gasteiger partial charge is 0.318 e. The zero-order valence-electron chi connectivity index (χ0n) is 12.6. The minimum Gasteiger partial charge on any atom is -0.339 e. The summed E-state index contributed by atoms with van der Waals surface area (Å²) in [4.78, 5) is 27.3. The third kappa shape index (κ3) is 3.04. The van der Waals surface area contributed by atoms with E-state index in [-0.39, 0.29) is 17.5 Å². The topological polar surface area (TPSA) is 52.7 Å². The summed E-state index contributed by atoms with van der Waals surface area (Å²) >= 11 is 5.92. The Morgan fingerprint density at radius 2 is 1.59 bits per heavy atom. The van der Waals surface area contributed by atoms with Gasteiger partial charge in [0.05, 0.1) is 5.54 Å². The Morgan fingerprint density at radius 1 is 1.05 bits per heavy atom. The number of piperazine rings is 1. The molecule has 0 aromatic heterocycles. The molecule has 5 nitrogen and oxygen atoms in total. The van der Waals surface area contributed by atoms with Gasteiger partial charge in [0, 0.05) is 38.1 Å². The van der Waals surface area contributed by atoms with E-state index in [1.165, 1.54) is 0 Å². The Morgan fingerprint density at radius 3 is 2.09 bits per heavy atom. The molecule has 6 heteroatoms. The number of halogens is 1. The van der Waals surface area contributed by atoms with Crippen LogP contribution in [0.25, 0.3) is 0 Å². The van der Waals surface area contributed by atoms with Crippen LogP contribution in [0.15, 0.2) is 24.3 Å². The second-order valence-corrected chi connectivity index (χ2v) is 6.45.